The Bertz CT molecular complexity index is 1110. The summed E-state index contributed by atoms with van der Waals surface area (Å²) in [4.78, 5) is 15.1. The molecule has 1 aliphatic rings. The van der Waals surface area contributed by atoms with Gasteiger partial charge in [-0.3, -0.25) is 9.69 Å². The van der Waals surface area contributed by atoms with Crippen molar-refractivity contribution in [2.24, 2.45) is 0 Å². The number of para-hydroxylation sites is 1. The van der Waals surface area contributed by atoms with Gasteiger partial charge in [0, 0.05) is 0 Å². The Labute approximate surface area is 212 Å². The Hall–Kier alpha value is -1.43. The standard InChI is InChI=1S/C23H15I2NO2S2/c24-18-11-16(12-19(25)21(18)28-14-15-7-3-1-4-8-15)13-20-22(27)26(23(29)30-20)17-9-5-2-6-10-17/h1-13H,14H2/b20-13+. The van der Waals surface area contributed by atoms with Crippen molar-refractivity contribution in [1.29, 1.82) is 0 Å². The van der Waals surface area contributed by atoms with Gasteiger partial charge in [0.25, 0.3) is 5.91 Å². The average Bonchev–Trinajstić information content (AvgIpc) is 3.01. The molecule has 150 valence electrons. The summed E-state index contributed by atoms with van der Waals surface area (Å²) in [6.45, 7) is 0.516. The molecule has 0 aromatic heterocycles. The fourth-order valence-electron chi connectivity index (χ4n) is 2.95. The van der Waals surface area contributed by atoms with Crippen LogP contribution in [0.3, 0.4) is 0 Å². The second-order valence-electron chi connectivity index (χ2n) is 6.44. The van der Waals surface area contributed by atoms with Gasteiger partial charge in [-0.2, -0.15) is 0 Å². The van der Waals surface area contributed by atoms with E-state index >= 15 is 0 Å². The number of halogens is 2. The Morgan fingerprint density at radius 3 is 2.20 bits per heavy atom. The highest BCUT2D eigenvalue weighted by molar-refractivity contribution is 14.1. The molecule has 3 aromatic rings. The van der Waals surface area contributed by atoms with Gasteiger partial charge in [-0.15, -0.1) is 0 Å². The van der Waals surface area contributed by atoms with Crippen LogP contribution in [0, 0.1) is 7.14 Å². The largest absolute Gasteiger partial charge is 0.487 e. The molecule has 0 spiro atoms. The highest BCUT2D eigenvalue weighted by Gasteiger charge is 2.33. The van der Waals surface area contributed by atoms with Gasteiger partial charge in [0.15, 0.2) is 4.32 Å². The van der Waals surface area contributed by atoms with Crippen LogP contribution >= 0.6 is 69.2 Å². The van der Waals surface area contributed by atoms with Crippen LogP contribution in [0.1, 0.15) is 11.1 Å². The number of thiocarbonyl (C=S) groups is 1. The molecule has 1 fully saturated rings. The second kappa shape index (κ2) is 9.80. The van der Waals surface area contributed by atoms with Crippen LogP contribution in [0.5, 0.6) is 5.75 Å². The number of amides is 1. The summed E-state index contributed by atoms with van der Waals surface area (Å²) >= 11 is 11.3. The molecular formula is C23H15I2NO2S2. The first-order valence-corrected chi connectivity index (χ1v) is 12.4. The van der Waals surface area contributed by atoms with Crippen molar-refractivity contribution in [3.05, 3.63) is 96.0 Å². The molecule has 7 heteroatoms. The lowest BCUT2D eigenvalue weighted by Crippen LogP contribution is -2.27. The Morgan fingerprint density at radius 1 is 0.967 bits per heavy atom. The molecule has 0 radical (unpaired) electrons. The molecule has 3 aromatic carbocycles. The van der Waals surface area contributed by atoms with Crippen molar-refractivity contribution >= 4 is 91.2 Å². The van der Waals surface area contributed by atoms with Gasteiger partial charge in [0.1, 0.15) is 12.4 Å². The zero-order valence-electron chi connectivity index (χ0n) is 15.5. The molecule has 0 atom stereocenters. The zero-order chi connectivity index (χ0) is 21.1. The third-order valence-electron chi connectivity index (χ3n) is 4.35. The normalized spacial score (nSPS) is 15.1. The van der Waals surface area contributed by atoms with Gasteiger partial charge >= 0.3 is 0 Å². The van der Waals surface area contributed by atoms with E-state index in [4.69, 9.17) is 17.0 Å². The number of nitrogens with zero attached hydrogens (tertiary/aromatic N) is 1. The van der Waals surface area contributed by atoms with Gasteiger partial charge < -0.3 is 4.74 Å². The fraction of sp³-hybridized carbons (Fsp3) is 0.0435. The Kier molecular flexibility index (Phi) is 7.12. The lowest BCUT2D eigenvalue weighted by atomic mass is 10.2. The van der Waals surface area contributed by atoms with E-state index in [-0.39, 0.29) is 5.91 Å². The van der Waals surface area contributed by atoms with E-state index in [0.717, 1.165) is 29.7 Å². The first-order chi connectivity index (χ1) is 14.5. The number of carbonyl (C=O) groups is 1. The molecule has 0 saturated carbocycles. The SMILES string of the molecule is O=C1/C(=C\c2cc(I)c(OCc3ccccc3)c(I)c2)SC(=S)N1c1ccccc1. The number of benzene rings is 3. The van der Waals surface area contributed by atoms with E-state index in [1.54, 1.807) is 4.90 Å². The van der Waals surface area contributed by atoms with Crippen molar-refractivity contribution in [1.82, 2.24) is 0 Å². The van der Waals surface area contributed by atoms with Crippen LogP contribution in [0.2, 0.25) is 0 Å². The van der Waals surface area contributed by atoms with E-state index in [0.29, 0.717) is 15.8 Å². The summed E-state index contributed by atoms with van der Waals surface area (Å²) in [5.41, 5.74) is 2.86. The topological polar surface area (TPSA) is 29.5 Å². The highest BCUT2D eigenvalue weighted by atomic mass is 127. The summed E-state index contributed by atoms with van der Waals surface area (Å²) in [6.07, 6.45) is 1.90. The smallest absolute Gasteiger partial charge is 0.270 e. The van der Waals surface area contributed by atoms with Gasteiger partial charge in [-0.1, -0.05) is 72.5 Å². The lowest BCUT2D eigenvalue weighted by molar-refractivity contribution is -0.113. The van der Waals surface area contributed by atoms with Crippen molar-refractivity contribution in [3.63, 3.8) is 0 Å². The fourth-order valence-corrected chi connectivity index (χ4v) is 6.38. The predicted molar refractivity (Wildman–Crippen MR) is 145 cm³/mol. The third-order valence-corrected chi connectivity index (χ3v) is 7.26. The van der Waals surface area contributed by atoms with Crippen LogP contribution in [0.15, 0.2) is 77.7 Å². The first kappa shape index (κ1) is 21.8. The van der Waals surface area contributed by atoms with Crippen LogP contribution in [0.4, 0.5) is 5.69 Å². The number of rotatable bonds is 5. The first-order valence-electron chi connectivity index (χ1n) is 9.02. The summed E-state index contributed by atoms with van der Waals surface area (Å²) in [5, 5.41) is 0. The predicted octanol–water partition coefficient (Wildman–Crippen LogP) is 6.88. The number of carbonyl (C=O) groups excluding carboxylic acids is 1. The molecule has 1 amide bonds. The van der Waals surface area contributed by atoms with Gasteiger partial charge in [-0.05, 0) is 86.7 Å². The molecule has 0 N–H and O–H groups in total. The highest BCUT2D eigenvalue weighted by Crippen LogP contribution is 2.37. The Balaban J connectivity index is 1.55. The van der Waals surface area contributed by atoms with Crippen molar-refractivity contribution in [2.45, 2.75) is 6.61 Å². The number of hydrogen-bond donors (Lipinski definition) is 0. The maximum atomic E-state index is 12.9. The summed E-state index contributed by atoms with van der Waals surface area (Å²) in [5.74, 6) is 0.764. The minimum absolute atomic E-state index is 0.0920. The molecule has 3 nitrogen and oxygen atoms in total. The maximum absolute atomic E-state index is 12.9. The molecule has 1 heterocycles. The van der Waals surface area contributed by atoms with Crippen LogP contribution in [0.25, 0.3) is 6.08 Å². The van der Waals surface area contributed by atoms with Crippen LogP contribution in [-0.2, 0) is 11.4 Å². The molecule has 0 aliphatic carbocycles. The molecule has 4 rings (SSSR count). The number of thioether (sulfide) groups is 1. The Morgan fingerprint density at radius 2 is 1.57 bits per heavy atom. The van der Waals surface area contributed by atoms with Crippen LogP contribution in [-0.4, -0.2) is 10.2 Å². The van der Waals surface area contributed by atoms with E-state index in [1.165, 1.54) is 11.8 Å². The molecule has 0 unspecified atom stereocenters. The quantitative estimate of drug-likeness (QED) is 0.171. The number of ether oxygens (including phenoxy) is 1. The minimum atomic E-state index is -0.0920. The van der Waals surface area contributed by atoms with E-state index < -0.39 is 0 Å². The van der Waals surface area contributed by atoms with Crippen LogP contribution < -0.4 is 9.64 Å². The van der Waals surface area contributed by atoms with E-state index in [9.17, 15) is 4.79 Å². The lowest BCUT2D eigenvalue weighted by Gasteiger charge is -2.14. The molecule has 1 saturated heterocycles. The van der Waals surface area contributed by atoms with Crippen molar-refractivity contribution in [2.75, 3.05) is 4.90 Å². The second-order valence-corrected chi connectivity index (χ2v) is 10.4. The minimum Gasteiger partial charge on any atom is -0.487 e. The van der Waals surface area contributed by atoms with E-state index in [1.807, 2.05) is 78.9 Å². The molecule has 1 aliphatic heterocycles. The maximum Gasteiger partial charge on any atom is 0.270 e. The summed E-state index contributed by atoms with van der Waals surface area (Å²) < 4.78 is 8.60. The third kappa shape index (κ3) is 4.90. The summed E-state index contributed by atoms with van der Waals surface area (Å²) in [6, 6.07) is 23.6. The van der Waals surface area contributed by atoms with Crippen molar-refractivity contribution in [3.8, 4) is 5.75 Å². The average molecular weight is 655 g/mol. The van der Waals surface area contributed by atoms with Gasteiger partial charge in [-0.25, -0.2) is 0 Å². The molecule has 0 bridgehead atoms. The molecular weight excluding hydrogens is 640 g/mol. The van der Waals surface area contributed by atoms with Crippen molar-refractivity contribution < 1.29 is 9.53 Å². The van der Waals surface area contributed by atoms with E-state index in [2.05, 4.69) is 45.2 Å². The number of hydrogen-bond acceptors (Lipinski definition) is 4. The zero-order valence-corrected chi connectivity index (χ0v) is 21.5. The monoisotopic (exact) mass is 655 g/mol. The van der Waals surface area contributed by atoms with Gasteiger partial charge in [0.05, 0.1) is 17.7 Å². The van der Waals surface area contributed by atoms with Gasteiger partial charge in [0.2, 0.25) is 0 Å². The summed E-state index contributed by atoms with van der Waals surface area (Å²) in [7, 11) is 0. The number of anilines is 1. The molecule has 30 heavy (non-hydrogen) atoms.